The summed E-state index contributed by atoms with van der Waals surface area (Å²) in [6, 6.07) is -0.334. The van der Waals surface area contributed by atoms with Crippen molar-refractivity contribution >= 4 is 11.8 Å². The molecule has 1 atom stereocenters. The number of nitrogens with one attached hydrogen (secondary N) is 2. The lowest BCUT2D eigenvalue weighted by Crippen LogP contribution is -2.58. The maximum atomic E-state index is 12.5. The fourth-order valence-electron chi connectivity index (χ4n) is 3.26. The third-order valence-corrected chi connectivity index (χ3v) is 4.65. The Kier molecular flexibility index (Phi) is 4.45. The Hall–Kier alpha value is -1.10. The van der Waals surface area contributed by atoms with E-state index in [4.69, 9.17) is 0 Å². The SMILES string of the molecule is CNC1(CC(=O)N2CCNC(=O)C2C)CCCCC1. The van der Waals surface area contributed by atoms with Gasteiger partial charge in [0.05, 0.1) is 0 Å². The molecule has 108 valence electrons. The zero-order valence-electron chi connectivity index (χ0n) is 12.0. The largest absolute Gasteiger partial charge is 0.353 e. The van der Waals surface area contributed by atoms with Gasteiger partial charge in [0.25, 0.3) is 0 Å². The van der Waals surface area contributed by atoms with Gasteiger partial charge in [-0.25, -0.2) is 0 Å². The molecule has 1 aliphatic heterocycles. The van der Waals surface area contributed by atoms with Crippen LogP contribution in [0.1, 0.15) is 45.4 Å². The van der Waals surface area contributed by atoms with E-state index in [1.165, 1.54) is 19.3 Å². The molecular formula is C14H25N3O2. The van der Waals surface area contributed by atoms with Gasteiger partial charge in [-0.1, -0.05) is 19.3 Å². The van der Waals surface area contributed by atoms with Crippen LogP contribution in [0.5, 0.6) is 0 Å². The first-order valence-electron chi connectivity index (χ1n) is 7.34. The second-order valence-electron chi connectivity index (χ2n) is 5.82. The maximum Gasteiger partial charge on any atom is 0.242 e. The third kappa shape index (κ3) is 3.08. The number of hydrogen-bond donors (Lipinski definition) is 2. The van der Waals surface area contributed by atoms with Crippen LogP contribution in [-0.2, 0) is 9.59 Å². The van der Waals surface area contributed by atoms with Crippen LogP contribution in [0.15, 0.2) is 0 Å². The Morgan fingerprint density at radius 3 is 2.74 bits per heavy atom. The van der Waals surface area contributed by atoms with E-state index in [1.807, 2.05) is 7.05 Å². The van der Waals surface area contributed by atoms with Crippen molar-refractivity contribution in [2.45, 2.75) is 57.0 Å². The highest BCUT2D eigenvalue weighted by molar-refractivity contribution is 5.88. The van der Waals surface area contributed by atoms with Crippen LogP contribution < -0.4 is 10.6 Å². The zero-order valence-corrected chi connectivity index (χ0v) is 12.0. The van der Waals surface area contributed by atoms with Gasteiger partial charge in [0.1, 0.15) is 6.04 Å². The third-order valence-electron chi connectivity index (χ3n) is 4.65. The first kappa shape index (κ1) is 14.3. The zero-order chi connectivity index (χ0) is 13.9. The average molecular weight is 267 g/mol. The van der Waals surface area contributed by atoms with E-state index in [2.05, 4.69) is 10.6 Å². The van der Waals surface area contributed by atoms with Crippen LogP contribution in [0.3, 0.4) is 0 Å². The van der Waals surface area contributed by atoms with Gasteiger partial charge in [0, 0.05) is 25.0 Å². The molecule has 2 rings (SSSR count). The van der Waals surface area contributed by atoms with Crippen LogP contribution in [-0.4, -0.2) is 48.4 Å². The van der Waals surface area contributed by atoms with Crippen LogP contribution in [0.2, 0.25) is 0 Å². The Labute approximate surface area is 115 Å². The topological polar surface area (TPSA) is 61.4 Å². The summed E-state index contributed by atoms with van der Waals surface area (Å²) >= 11 is 0. The molecule has 2 aliphatic rings. The van der Waals surface area contributed by atoms with Crippen molar-refractivity contribution < 1.29 is 9.59 Å². The van der Waals surface area contributed by atoms with E-state index in [0.717, 1.165) is 12.8 Å². The van der Waals surface area contributed by atoms with Crippen molar-refractivity contribution in [3.05, 3.63) is 0 Å². The summed E-state index contributed by atoms with van der Waals surface area (Å²) in [7, 11) is 1.95. The van der Waals surface area contributed by atoms with E-state index < -0.39 is 0 Å². The second kappa shape index (κ2) is 5.90. The smallest absolute Gasteiger partial charge is 0.242 e. The normalized spacial score (nSPS) is 26.9. The molecular weight excluding hydrogens is 242 g/mol. The van der Waals surface area contributed by atoms with E-state index in [9.17, 15) is 9.59 Å². The molecule has 1 heterocycles. The van der Waals surface area contributed by atoms with Gasteiger partial charge in [0.15, 0.2) is 0 Å². The number of rotatable bonds is 3. The van der Waals surface area contributed by atoms with Crippen molar-refractivity contribution in [2.75, 3.05) is 20.1 Å². The van der Waals surface area contributed by atoms with Gasteiger partial charge in [-0.15, -0.1) is 0 Å². The van der Waals surface area contributed by atoms with E-state index in [-0.39, 0.29) is 23.4 Å². The second-order valence-corrected chi connectivity index (χ2v) is 5.82. The summed E-state index contributed by atoms with van der Waals surface area (Å²) in [6.07, 6.45) is 6.27. The minimum Gasteiger partial charge on any atom is -0.353 e. The molecule has 5 heteroatoms. The minimum absolute atomic E-state index is 0.0400. The molecule has 2 amide bonds. The van der Waals surface area contributed by atoms with Gasteiger partial charge in [0.2, 0.25) is 11.8 Å². The van der Waals surface area contributed by atoms with Gasteiger partial charge < -0.3 is 15.5 Å². The molecule has 0 aromatic heterocycles. The van der Waals surface area contributed by atoms with Gasteiger partial charge >= 0.3 is 0 Å². The van der Waals surface area contributed by atoms with Gasteiger partial charge in [-0.3, -0.25) is 9.59 Å². The molecule has 1 unspecified atom stereocenters. The fraction of sp³-hybridized carbons (Fsp3) is 0.857. The first-order valence-corrected chi connectivity index (χ1v) is 7.34. The summed E-state index contributed by atoms with van der Waals surface area (Å²) in [5, 5.41) is 6.16. The molecule has 1 saturated heterocycles. The summed E-state index contributed by atoms with van der Waals surface area (Å²) in [4.78, 5) is 25.9. The van der Waals surface area contributed by atoms with Crippen molar-refractivity contribution in [1.29, 1.82) is 0 Å². The lowest BCUT2D eigenvalue weighted by Gasteiger charge is -2.40. The van der Waals surface area contributed by atoms with Crippen molar-refractivity contribution in [2.24, 2.45) is 0 Å². The molecule has 2 N–H and O–H groups in total. The predicted molar refractivity (Wildman–Crippen MR) is 73.7 cm³/mol. The highest BCUT2D eigenvalue weighted by Gasteiger charge is 2.37. The maximum absolute atomic E-state index is 12.5. The summed E-state index contributed by atoms with van der Waals surface area (Å²) in [6.45, 7) is 3.01. The molecule has 0 radical (unpaired) electrons. The summed E-state index contributed by atoms with van der Waals surface area (Å²) < 4.78 is 0. The molecule has 0 aromatic rings. The van der Waals surface area contributed by atoms with Crippen LogP contribution in [0.4, 0.5) is 0 Å². The van der Waals surface area contributed by atoms with Gasteiger partial charge in [-0.2, -0.15) is 0 Å². The van der Waals surface area contributed by atoms with E-state index in [1.54, 1.807) is 11.8 Å². The average Bonchev–Trinajstić information content (AvgIpc) is 2.42. The van der Waals surface area contributed by atoms with Crippen molar-refractivity contribution in [3.63, 3.8) is 0 Å². The number of carbonyl (C=O) groups excluding carboxylic acids is 2. The Morgan fingerprint density at radius 1 is 1.42 bits per heavy atom. The molecule has 5 nitrogen and oxygen atoms in total. The molecule has 0 spiro atoms. The molecule has 1 aliphatic carbocycles. The summed E-state index contributed by atoms with van der Waals surface area (Å²) in [5.74, 6) is 0.0698. The first-order chi connectivity index (χ1) is 9.08. The Bertz CT molecular complexity index is 351. The van der Waals surface area contributed by atoms with Gasteiger partial charge in [-0.05, 0) is 26.8 Å². The lowest BCUT2D eigenvalue weighted by atomic mass is 9.79. The predicted octanol–water partition coefficient (Wildman–Crippen LogP) is 0.646. The van der Waals surface area contributed by atoms with E-state index in [0.29, 0.717) is 19.5 Å². The Balaban J connectivity index is 2.00. The molecule has 0 bridgehead atoms. The standard InChI is InChI=1S/C14H25N3O2/c1-11-13(19)16-8-9-17(11)12(18)10-14(15-2)6-4-3-5-7-14/h11,15H,3-10H2,1-2H3,(H,16,19). The quantitative estimate of drug-likeness (QED) is 0.789. The highest BCUT2D eigenvalue weighted by atomic mass is 16.2. The lowest BCUT2D eigenvalue weighted by molar-refractivity contribution is -0.143. The summed E-state index contributed by atoms with van der Waals surface area (Å²) in [5.41, 5.74) is -0.0526. The Morgan fingerprint density at radius 2 is 2.11 bits per heavy atom. The number of carbonyl (C=O) groups is 2. The van der Waals surface area contributed by atoms with Crippen LogP contribution >= 0.6 is 0 Å². The van der Waals surface area contributed by atoms with Crippen molar-refractivity contribution in [3.8, 4) is 0 Å². The molecule has 1 saturated carbocycles. The van der Waals surface area contributed by atoms with E-state index >= 15 is 0 Å². The number of nitrogens with zero attached hydrogens (tertiary/aromatic N) is 1. The highest BCUT2D eigenvalue weighted by Crippen LogP contribution is 2.31. The minimum atomic E-state index is -0.334. The molecule has 0 aromatic carbocycles. The number of hydrogen-bond acceptors (Lipinski definition) is 3. The number of amides is 2. The van der Waals surface area contributed by atoms with Crippen LogP contribution in [0, 0.1) is 0 Å². The van der Waals surface area contributed by atoms with Crippen LogP contribution in [0.25, 0.3) is 0 Å². The fourth-order valence-corrected chi connectivity index (χ4v) is 3.26. The number of piperazine rings is 1. The monoisotopic (exact) mass is 267 g/mol. The van der Waals surface area contributed by atoms with Crippen molar-refractivity contribution in [1.82, 2.24) is 15.5 Å². The molecule has 19 heavy (non-hydrogen) atoms. The molecule has 2 fully saturated rings.